The third kappa shape index (κ3) is 4.26. The molecule has 1 aromatic rings. The van der Waals surface area contributed by atoms with Crippen LogP contribution in [0.15, 0.2) is 16.6 Å². The zero-order valence-electron chi connectivity index (χ0n) is 10.0. The molecule has 0 fully saturated rings. The molecule has 0 bridgehead atoms. The van der Waals surface area contributed by atoms with E-state index in [2.05, 4.69) is 15.9 Å². The first-order chi connectivity index (χ1) is 8.45. The summed E-state index contributed by atoms with van der Waals surface area (Å²) < 4.78 is 27.6. The maximum absolute atomic E-state index is 13.8. The highest BCUT2D eigenvalue weighted by Crippen LogP contribution is 2.22. The van der Waals surface area contributed by atoms with Gasteiger partial charge < -0.3 is 5.73 Å². The third-order valence-corrected chi connectivity index (χ3v) is 3.46. The molecule has 0 amide bonds. The lowest BCUT2D eigenvalue weighted by molar-refractivity contribution is 0.279. The first-order valence-electron chi connectivity index (χ1n) is 5.58. The molecule has 0 aliphatic heterocycles. The Morgan fingerprint density at radius 3 is 2.67 bits per heavy atom. The van der Waals surface area contributed by atoms with Gasteiger partial charge in [-0.2, -0.15) is 0 Å². The summed E-state index contributed by atoms with van der Waals surface area (Å²) >= 11 is 7.85. The van der Waals surface area contributed by atoms with E-state index in [0.717, 1.165) is 0 Å². The average Bonchev–Trinajstić information content (AvgIpc) is 2.33. The lowest BCUT2D eigenvalue weighted by atomic mass is 10.2. The summed E-state index contributed by atoms with van der Waals surface area (Å²) in [7, 11) is 0. The molecule has 2 N–H and O–H groups in total. The third-order valence-electron chi connectivity index (χ3n) is 2.64. The molecule has 2 nitrogen and oxygen atoms in total. The fraction of sp³-hybridized carbons (Fsp3) is 0.417. The number of hydrogen-bond acceptors (Lipinski definition) is 2. The van der Waals surface area contributed by atoms with Gasteiger partial charge in [-0.1, -0.05) is 19.1 Å². The summed E-state index contributed by atoms with van der Waals surface area (Å²) in [6, 6.07) is 2.61. The molecule has 6 heteroatoms. The molecule has 1 rings (SSSR count). The van der Waals surface area contributed by atoms with E-state index in [1.807, 2.05) is 11.8 Å². The lowest BCUT2D eigenvalue weighted by Crippen LogP contribution is -2.28. The molecule has 0 spiro atoms. The van der Waals surface area contributed by atoms with Crippen molar-refractivity contribution in [3.8, 4) is 0 Å². The monoisotopic (exact) mass is 336 g/mol. The Bertz CT molecular complexity index is 440. The molecule has 0 radical (unpaired) electrons. The molecule has 0 aromatic heterocycles. The molecular formula is C12H15BrF2N2S. The van der Waals surface area contributed by atoms with E-state index in [1.54, 1.807) is 0 Å². The number of nitrogens with two attached hydrogens (primary N) is 1. The van der Waals surface area contributed by atoms with Crippen molar-refractivity contribution >= 4 is 33.1 Å². The molecular weight excluding hydrogens is 322 g/mol. The second kappa shape index (κ2) is 7.11. The predicted octanol–water partition coefficient (Wildman–Crippen LogP) is 3.23. The lowest BCUT2D eigenvalue weighted by Gasteiger charge is -2.21. The Kier molecular flexibility index (Phi) is 6.11. The van der Waals surface area contributed by atoms with E-state index >= 15 is 0 Å². The van der Waals surface area contributed by atoms with Crippen molar-refractivity contribution in [3.05, 3.63) is 33.8 Å². The minimum atomic E-state index is -0.552. The van der Waals surface area contributed by atoms with Gasteiger partial charge in [-0.15, -0.1) is 0 Å². The SMILES string of the molecule is CCN(CCC(N)=S)Cc1c(F)ccc(Br)c1F. The molecule has 0 saturated carbocycles. The summed E-state index contributed by atoms with van der Waals surface area (Å²) in [4.78, 5) is 2.30. The van der Waals surface area contributed by atoms with Crippen molar-refractivity contribution in [2.75, 3.05) is 13.1 Å². The first-order valence-corrected chi connectivity index (χ1v) is 6.78. The Morgan fingerprint density at radius 1 is 1.44 bits per heavy atom. The van der Waals surface area contributed by atoms with Gasteiger partial charge in [-0.3, -0.25) is 4.90 Å². The number of rotatable bonds is 6. The van der Waals surface area contributed by atoms with Crippen LogP contribution >= 0.6 is 28.1 Å². The summed E-state index contributed by atoms with van der Waals surface area (Å²) in [5.41, 5.74) is 5.49. The summed E-state index contributed by atoms with van der Waals surface area (Å²) in [6.45, 7) is 3.40. The van der Waals surface area contributed by atoms with Gasteiger partial charge in [0.15, 0.2) is 0 Å². The second-order valence-corrected chi connectivity index (χ2v) is 5.29. The fourth-order valence-electron chi connectivity index (χ4n) is 1.55. The number of benzene rings is 1. The zero-order chi connectivity index (χ0) is 13.7. The Hall–Kier alpha value is -0.590. The molecule has 0 atom stereocenters. The van der Waals surface area contributed by atoms with Crippen molar-refractivity contribution in [1.29, 1.82) is 0 Å². The maximum Gasteiger partial charge on any atom is 0.144 e. The number of halogens is 3. The van der Waals surface area contributed by atoms with Crippen LogP contribution in [0.25, 0.3) is 0 Å². The maximum atomic E-state index is 13.8. The van der Waals surface area contributed by atoms with Crippen molar-refractivity contribution in [2.24, 2.45) is 5.73 Å². The van der Waals surface area contributed by atoms with Crippen LogP contribution in [0, 0.1) is 11.6 Å². The van der Waals surface area contributed by atoms with Crippen LogP contribution < -0.4 is 5.73 Å². The van der Waals surface area contributed by atoms with Crippen LogP contribution in [-0.4, -0.2) is 23.0 Å². The van der Waals surface area contributed by atoms with Crippen molar-refractivity contribution in [3.63, 3.8) is 0 Å². The van der Waals surface area contributed by atoms with Gasteiger partial charge in [0.25, 0.3) is 0 Å². The molecule has 0 heterocycles. The van der Waals surface area contributed by atoms with Crippen LogP contribution in [0.5, 0.6) is 0 Å². The van der Waals surface area contributed by atoms with Gasteiger partial charge in [0.05, 0.1) is 9.46 Å². The highest BCUT2D eigenvalue weighted by molar-refractivity contribution is 9.10. The average molecular weight is 337 g/mol. The molecule has 0 aliphatic carbocycles. The van der Waals surface area contributed by atoms with E-state index in [4.69, 9.17) is 18.0 Å². The predicted molar refractivity (Wildman–Crippen MR) is 76.4 cm³/mol. The first kappa shape index (κ1) is 15.5. The molecule has 0 unspecified atom stereocenters. The van der Waals surface area contributed by atoms with E-state index < -0.39 is 11.6 Å². The van der Waals surface area contributed by atoms with Crippen LogP contribution in [0.4, 0.5) is 8.78 Å². The largest absolute Gasteiger partial charge is 0.393 e. The smallest absolute Gasteiger partial charge is 0.144 e. The van der Waals surface area contributed by atoms with Crippen LogP contribution in [0.1, 0.15) is 18.9 Å². The topological polar surface area (TPSA) is 29.3 Å². The molecule has 0 aliphatic rings. The van der Waals surface area contributed by atoms with Gasteiger partial charge in [0, 0.05) is 25.1 Å². The van der Waals surface area contributed by atoms with Crippen molar-refractivity contribution < 1.29 is 8.78 Å². The number of thiocarbonyl (C=S) groups is 1. The Balaban J connectivity index is 2.81. The second-order valence-electron chi connectivity index (χ2n) is 3.91. The van der Waals surface area contributed by atoms with Crippen molar-refractivity contribution in [2.45, 2.75) is 19.9 Å². The van der Waals surface area contributed by atoms with E-state index in [1.165, 1.54) is 12.1 Å². The minimum Gasteiger partial charge on any atom is -0.393 e. The summed E-state index contributed by atoms with van der Waals surface area (Å²) in [5.74, 6) is -1.09. The molecule has 100 valence electrons. The van der Waals surface area contributed by atoms with E-state index in [0.29, 0.717) is 24.5 Å². The van der Waals surface area contributed by atoms with Crippen LogP contribution in [0.3, 0.4) is 0 Å². The number of nitrogens with zero attached hydrogens (tertiary/aromatic N) is 1. The quantitative estimate of drug-likeness (QED) is 0.638. The Morgan fingerprint density at radius 2 is 2.11 bits per heavy atom. The highest BCUT2D eigenvalue weighted by Gasteiger charge is 2.15. The van der Waals surface area contributed by atoms with Gasteiger partial charge in [0.1, 0.15) is 11.6 Å². The van der Waals surface area contributed by atoms with E-state index in [-0.39, 0.29) is 16.6 Å². The molecule has 1 aromatic carbocycles. The highest BCUT2D eigenvalue weighted by atomic mass is 79.9. The summed E-state index contributed by atoms with van der Waals surface area (Å²) in [5, 5.41) is 0. The standard InChI is InChI=1S/C12H15BrF2N2S/c1-2-17(6-5-11(16)18)7-8-10(14)4-3-9(13)12(8)15/h3-4H,2,5-7H2,1H3,(H2,16,18). The summed E-state index contributed by atoms with van der Waals surface area (Å²) in [6.07, 6.45) is 0.542. The number of hydrogen-bond donors (Lipinski definition) is 1. The normalized spacial score (nSPS) is 10.9. The van der Waals surface area contributed by atoms with Crippen LogP contribution in [0.2, 0.25) is 0 Å². The van der Waals surface area contributed by atoms with Gasteiger partial charge >= 0.3 is 0 Å². The van der Waals surface area contributed by atoms with Gasteiger partial charge in [0.2, 0.25) is 0 Å². The van der Waals surface area contributed by atoms with Gasteiger partial charge in [-0.25, -0.2) is 8.78 Å². The Labute approximate surface area is 119 Å². The van der Waals surface area contributed by atoms with E-state index in [9.17, 15) is 8.78 Å². The van der Waals surface area contributed by atoms with Crippen LogP contribution in [-0.2, 0) is 6.54 Å². The van der Waals surface area contributed by atoms with Gasteiger partial charge in [-0.05, 0) is 34.6 Å². The zero-order valence-corrected chi connectivity index (χ0v) is 12.5. The molecule has 0 saturated heterocycles. The minimum absolute atomic E-state index is 0.0640. The molecule has 18 heavy (non-hydrogen) atoms. The fourth-order valence-corrected chi connectivity index (χ4v) is 2.02. The van der Waals surface area contributed by atoms with Crippen molar-refractivity contribution in [1.82, 2.24) is 4.90 Å².